The molecule has 0 atom stereocenters. The second-order valence-electron chi connectivity index (χ2n) is 10.8. The fourth-order valence-electron chi connectivity index (χ4n) is 5.78. The number of hydrogen-bond donors (Lipinski definition) is 0. The van der Waals surface area contributed by atoms with Gasteiger partial charge in [0, 0.05) is 32.5 Å². The molecule has 2 aromatic heterocycles. The second-order valence-corrected chi connectivity index (χ2v) is 11.2. The number of halogens is 1. The van der Waals surface area contributed by atoms with Crippen molar-refractivity contribution in [3.8, 4) is 56.2 Å². The summed E-state index contributed by atoms with van der Waals surface area (Å²) in [6.07, 6.45) is 0. The molecule has 0 aliphatic heterocycles. The molecule has 208 valence electrons. The fraction of sp³-hybridized carbons (Fsp3) is 0. The number of para-hydroxylation sites is 1. The number of hydrogen-bond acceptors (Lipinski definition) is 3. The molecule has 0 aliphatic rings. The van der Waals surface area contributed by atoms with Gasteiger partial charge in [0.25, 0.3) is 0 Å². The minimum Gasteiger partial charge on any atom is -0.456 e. The van der Waals surface area contributed by atoms with Crippen LogP contribution in [0, 0.1) is 0 Å². The minimum atomic E-state index is 0.607. The summed E-state index contributed by atoms with van der Waals surface area (Å²) in [6.45, 7) is 0. The third kappa shape index (κ3) is 4.84. The van der Waals surface area contributed by atoms with Crippen LogP contribution in [0.3, 0.4) is 0 Å². The number of benzene rings is 6. The zero-order chi connectivity index (χ0) is 29.5. The molecule has 0 radical (unpaired) electrons. The topological polar surface area (TPSA) is 38.9 Å². The van der Waals surface area contributed by atoms with E-state index in [1.54, 1.807) is 0 Å². The summed E-state index contributed by atoms with van der Waals surface area (Å²) in [6, 6.07) is 51.5. The molecule has 8 rings (SSSR count). The van der Waals surface area contributed by atoms with Crippen LogP contribution in [-0.4, -0.2) is 9.97 Å². The summed E-state index contributed by atoms with van der Waals surface area (Å²) >= 11 is 6.58. The van der Waals surface area contributed by atoms with Crippen LogP contribution in [0.15, 0.2) is 156 Å². The van der Waals surface area contributed by atoms with Crippen molar-refractivity contribution in [2.45, 2.75) is 0 Å². The highest BCUT2D eigenvalue weighted by Crippen LogP contribution is 2.37. The van der Waals surface area contributed by atoms with Gasteiger partial charge < -0.3 is 4.42 Å². The maximum Gasteiger partial charge on any atom is 0.161 e. The van der Waals surface area contributed by atoms with E-state index in [0.717, 1.165) is 66.7 Å². The molecule has 6 aromatic carbocycles. The van der Waals surface area contributed by atoms with Crippen molar-refractivity contribution in [3.05, 3.63) is 157 Å². The lowest BCUT2D eigenvalue weighted by Gasteiger charge is -2.13. The maximum atomic E-state index is 6.58. The Hall–Kier alpha value is -5.51. The van der Waals surface area contributed by atoms with Crippen LogP contribution in [0.4, 0.5) is 0 Å². The highest BCUT2D eigenvalue weighted by atomic mass is 35.5. The number of aromatic nitrogens is 2. The van der Waals surface area contributed by atoms with E-state index in [1.807, 2.05) is 60.7 Å². The van der Waals surface area contributed by atoms with Crippen molar-refractivity contribution < 1.29 is 4.42 Å². The predicted octanol–water partition coefficient (Wildman–Crippen LogP) is 11.4. The van der Waals surface area contributed by atoms with E-state index < -0.39 is 0 Å². The first-order valence-corrected chi connectivity index (χ1v) is 14.9. The SMILES string of the molecule is Clc1ccc(-c2ccccc2)c(-c2nc(-c3ccc(-c4ccccc4)cc3)cc(-c3ccc4c(c3)oc3ccccc34)n2)c1. The summed E-state index contributed by atoms with van der Waals surface area (Å²) in [5.74, 6) is 0.607. The van der Waals surface area contributed by atoms with Crippen LogP contribution in [0.2, 0.25) is 5.02 Å². The standard InChI is InChI=1S/C40H25ClN2O/c41-31-20-22-32(28-11-5-2-6-12-28)35(24-31)40-42-36(29-17-15-27(16-18-29)26-9-3-1-4-10-26)25-37(43-40)30-19-21-34-33-13-7-8-14-38(33)44-39(34)23-30/h1-25H. The van der Waals surface area contributed by atoms with Crippen LogP contribution in [-0.2, 0) is 0 Å². The van der Waals surface area contributed by atoms with E-state index in [-0.39, 0.29) is 0 Å². The molecule has 8 aromatic rings. The van der Waals surface area contributed by atoms with Gasteiger partial charge in [0.2, 0.25) is 0 Å². The molecule has 0 unspecified atom stereocenters. The third-order valence-corrected chi connectivity index (χ3v) is 8.23. The van der Waals surface area contributed by atoms with Gasteiger partial charge in [-0.3, -0.25) is 0 Å². The molecular formula is C40H25ClN2O. The third-order valence-electron chi connectivity index (χ3n) is 8.00. The number of fused-ring (bicyclic) bond motifs is 3. The van der Waals surface area contributed by atoms with E-state index in [2.05, 4.69) is 91.0 Å². The molecule has 0 saturated carbocycles. The Bertz CT molecular complexity index is 2270. The zero-order valence-electron chi connectivity index (χ0n) is 23.6. The average molecular weight is 585 g/mol. The normalized spacial score (nSPS) is 11.3. The Morgan fingerprint density at radius 3 is 1.77 bits per heavy atom. The van der Waals surface area contributed by atoms with Crippen LogP contribution in [0.25, 0.3) is 78.1 Å². The Kier molecular flexibility index (Phi) is 6.51. The van der Waals surface area contributed by atoms with Crippen molar-refractivity contribution in [1.82, 2.24) is 9.97 Å². The molecule has 3 nitrogen and oxygen atoms in total. The Morgan fingerprint density at radius 2 is 1.00 bits per heavy atom. The summed E-state index contributed by atoms with van der Waals surface area (Å²) < 4.78 is 6.23. The summed E-state index contributed by atoms with van der Waals surface area (Å²) in [5.41, 5.74) is 10.6. The van der Waals surface area contributed by atoms with Gasteiger partial charge in [-0.2, -0.15) is 0 Å². The highest BCUT2D eigenvalue weighted by Gasteiger charge is 2.16. The molecular weight excluding hydrogens is 560 g/mol. The lowest BCUT2D eigenvalue weighted by atomic mass is 9.98. The summed E-state index contributed by atoms with van der Waals surface area (Å²) in [7, 11) is 0. The maximum absolute atomic E-state index is 6.58. The molecule has 0 spiro atoms. The summed E-state index contributed by atoms with van der Waals surface area (Å²) in [5, 5.41) is 2.81. The van der Waals surface area contributed by atoms with E-state index in [9.17, 15) is 0 Å². The monoisotopic (exact) mass is 584 g/mol. The van der Waals surface area contributed by atoms with Crippen molar-refractivity contribution in [1.29, 1.82) is 0 Å². The largest absolute Gasteiger partial charge is 0.456 e. The fourth-order valence-corrected chi connectivity index (χ4v) is 5.96. The molecule has 0 fully saturated rings. The van der Waals surface area contributed by atoms with Gasteiger partial charge in [-0.05, 0) is 58.7 Å². The van der Waals surface area contributed by atoms with Gasteiger partial charge in [-0.15, -0.1) is 0 Å². The Morgan fingerprint density at radius 1 is 0.409 bits per heavy atom. The smallest absolute Gasteiger partial charge is 0.161 e. The molecule has 4 heteroatoms. The second kappa shape index (κ2) is 11.0. The zero-order valence-corrected chi connectivity index (χ0v) is 24.4. The van der Waals surface area contributed by atoms with Crippen molar-refractivity contribution in [2.24, 2.45) is 0 Å². The molecule has 44 heavy (non-hydrogen) atoms. The van der Waals surface area contributed by atoms with Crippen molar-refractivity contribution in [3.63, 3.8) is 0 Å². The number of nitrogens with zero attached hydrogens (tertiary/aromatic N) is 2. The lowest BCUT2D eigenvalue weighted by Crippen LogP contribution is -1.97. The molecule has 0 N–H and O–H groups in total. The first-order valence-electron chi connectivity index (χ1n) is 14.5. The quantitative estimate of drug-likeness (QED) is 0.202. The van der Waals surface area contributed by atoms with Crippen LogP contribution < -0.4 is 0 Å². The number of furan rings is 1. The van der Waals surface area contributed by atoms with E-state index >= 15 is 0 Å². The molecule has 0 saturated heterocycles. The summed E-state index contributed by atoms with van der Waals surface area (Å²) in [4.78, 5) is 10.3. The molecule has 0 aliphatic carbocycles. The highest BCUT2D eigenvalue weighted by molar-refractivity contribution is 6.31. The van der Waals surface area contributed by atoms with E-state index in [4.69, 9.17) is 26.0 Å². The van der Waals surface area contributed by atoms with Gasteiger partial charge in [0.05, 0.1) is 11.4 Å². The predicted molar refractivity (Wildman–Crippen MR) is 181 cm³/mol. The molecule has 0 bridgehead atoms. The average Bonchev–Trinajstić information content (AvgIpc) is 3.47. The van der Waals surface area contributed by atoms with Gasteiger partial charge in [0.15, 0.2) is 5.82 Å². The minimum absolute atomic E-state index is 0.607. The number of rotatable bonds is 5. The van der Waals surface area contributed by atoms with E-state index in [1.165, 1.54) is 5.56 Å². The van der Waals surface area contributed by atoms with Crippen molar-refractivity contribution >= 4 is 33.5 Å². The van der Waals surface area contributed by atoms with Gasteiger partial charge in [0.1, 0.15) is 11.2 Å². The van der Waals surface area contributed by atoms with Crippen LogP contribution in [0.5, 0.6) is 0 Å². The van der Waals surface area contributed by atoms with Crippen LogP contribution >= 0.6 is 11.6 Å². The van der Waals surface area contributed by atoms with E-state index in [0.29, 0.717) is 10.8 Å². The molecule has 2 heterocycles. The lowest BCUT2D eigenvalue weighted by molar-refractivity contribution is 0.669. The Balaban J connectivity index is 1.32. The first kappa shape index (κ1) is 26.1. The van der Waals surface area contributed by atoms with Crippen LogP contribution in [0.1, 0.15) is 0 Å². The van der Waals surface area contributed by atoms with Gasteiger partial charge in [-0.1, -0.05) is 127 Å². The van der Waals surface area contributed by atoms with Gasteiger partial charge in [-0.25, -0.2) is 9.97 Å². The first-order chi connectivity index (χ1) is 21.7. The van der Waals surface area contributed by atoms with Gasteiger partial charge >= 0.3 is 0 Å². The Labute approximate surface area is 260 Å². The van der Waals surface area contributed by atoms with Crippen molar-refractivity contribution in [2.75, 3.05) is 0 Å². The molecule has 0 amide bonds.